The standard InChI is InChI=1S/C18H10F14O2Si.C13H10F10O2Si.C13H13F7O2Si.C11H10F8O2Si.C9H9F5O2Si/c1-3-33-35(34-4-2,15-11(23)7(19)5(17(27,28)29)8(20)12(15)24)16-13(25)9(21)6(18(30,31)32)10(22)14(16)26;1-3-24-26(25-4-2,12(20)11(18)19)10-8(16)6(14)5(13(21,22)23)7(15)9(10)17;1-4-21-23(22-5-2,6(3)13(19)20)12-10(17)8(15)7(14)9(16)11(12)18;1-3-20-22(21-4-2,11(17,18)19)10-8(15)6(13)5(12)7(14)9(10)16;1-15-17(3,16-2)9-7(13)5(11)4(10)6(12)8(9)14/h3-4H2,1-2H3;3-4H2,1-2H3;4-5H2,1-3H3;3-4H2,1-2H3;1-3H3. The van der Waals surface area contributed by atoms with E-state index < -0.39 is 334 Å². The largest absolute Gasteiger partial charge is 0.497 e. The van der Waals surface area contributed by atoms with Crippen LogP contribution in [0.2, 0.25) is 6.55 Å². The SMILES string of the molecule is CCO[Si](OCC)(C(C)=C(F)F)c1c(F)c(F)c(F)c(F)c1F.CCO[Si](OCC)(C(F)=C(F)F)c1c(F)c(F)c(C(F)(F)F)c(F)c1F.CCO[Si](OCC)(c1c(F)c(F)c(C(F)(F)F)c(F)c1F)c1c(F)c(F)c(C(F)(F)F)c(F)c1F.CCO[Si](OCC)(c1c(F)c(F)c(F)c(F)c1F)C(F)(F)F.CO[Si](C)(OC)c1c(F)c(F)c(F)c(F)c1F. The van der Waals surface area contributed by atoms with Crippen molar-refractivity contribution in [2.75, 3.05) is 67.1 Å². The van der Waals surface area contributed by atoms with Crippen molar-refractivity contribution in [3.63, 3.8) is 0 Å². The third kappa shape index (κ3) is 21.8. The topological polar surface area (TPSA) is 92.3 Å². The zero-order chi connectivity index (χ0) is 96.3. The third-order valence-electron chi connectivity index (χ3n) is 15.5. The maximum Gasteiger partial charge on any atom is 0.497 e. The molecule has 0 spiro atoms. The van der Waals surface area contributed by atoms with Crippen LogP contribution in [0.3, 0.4) is 0 Å². The lowest BCUT2D eigenvalue weighted by Gasteiger charge is -2.32. The van der Waals surface area contributed by atoms with Gasteiger partial charge in [-0.3, -0.25) is 0 Å². The Bertz CT molecular complexity index is 4560. The fraction of sp³-hybridized carbons (Fsp3) is 0.375. The molecule has 696 valence electrons. The van der Waals surface area contributed by atoms with Gasteiger partial charge in [0.1, 0.15) is 16.7 Å². The van der Waals surface area contributed by atoms with E-state index in [1.807, 2.05) is 0 Å². The van der Waals surface area contributed by atoms with Gasteiger partial charge >= 0.3 is 73.2 Å². The first-order valence-corrected chi connectivity index (χ1v) is 42.2. The molecule has 0 saturated carbocycles. The maximum absolute atomic E-state index is 14.8. The minimum absolute atomic E-state index is 0.337. The monoisotopic (exact) mass is 1960 g/mol. The molecule has 0 radical (unpaired) electrons. The van der Waals surface area contributed by atoms with Gasteiger partial charge in [0, 0.05) is 72.3 Å². The van der Waals surface area contributed by atoms with Crippen molar-refractivity contribution in [2.24, 2.45) is 0 Å². The fourth-order valence-corrected chi connectivity index (χ4v) is 23.7. The van der Waals surface area contributed by atoms with Gasteiger partial charge in [-0.1, -0.05) is 0 Å². The Balaban J connectivity index is 0.000000531. The highest BCUT2D eigenvalue weighted by molar-refractivity contribution is 6.93. The summed E-state index contributed by atoms with van der Waals surface area (Å²) in [6.07, 6.45) is -23.5. The van der Waals surface area contributed by atoms with Gasteiger partial charge in [-0.15, -0.1) is 0 Å². The van der Waals surface area contributed by atoms with E-state index in [0.29, 0.717) is 0 Å². The zero-order valence-electron chi connectivity index (χ0n) is 62.9. The van der Waals surface area contributed by atoms with E-state index in [9.17, 15) is 193 Å². The molecule has 0 aliphatic carbocycles. The van der Waals surface area contributed by atoms with Gasteiger partial charge in [0.05, 0.1) is 31.1 Å². The maximum atomic E-state index is 14.8. The number of benzene rings is 6. The van der Waals surface area contributed by atoms with Crippen molar-refractivity contribution in [1.82, 2.24) is 0 Å². The summed E-state index contributed by atoms with van der Waals surface area (Å²) in [6, 6.07) is 0. The van der Waals surface area contributed by atoms with Crippen molar-refractivity contribution in [2.45, 2.75) is 93.2 Å². The van der Waals surface area contributed by atoms with E-state index in [0.717, 1.165) is 62.7 Å². The quantitative estimate of drug-likeness (QED) is 0.0226. The molecule has 0 atom stereocenters. The fourth-order valence-electron chi connectivity index (χ4n) is 10.4. The summed E-state index contributed by atoms with van der Waals surface area (Å²) in [5.74, 6) is -75.4. The van der Waals surface area contributed by atoms with Crippen molar-refractivity contribution in [3.05, 3.63) is 197 Å². The van der Waals surface area contributed by atoms with E-state index in [-0.39, 0.29) is 13.2 Å². The second-order valence-electron chi connectivity index (χ2n) is 22.6. The number of alkyl halides is 12. The number of rotatable bonds is 26. The predicted octanol–water partition coefficient (Wildman–Crippen LogP) is 19.0. The van der Waals surface area contributed by atoms with Crippen LogP contribution in [-0.4, -0.2) is 116 Å². The van der Waals surface area contributed by atoms with Gasteiger partial charge in [-0.25, -0.2) is 123 Å². The van der Waals surface area contributed by atoms with Crippen molar-refractivity contribution >= 4 is 73.9 Å². The van der Waals surface area contributed by atoms with Gasteiger partial charge in [-0.05, 0) is 68.9 Å². The van der Waals surface area contributed by atoms with Crippen molar-refractivity contribution in [1.29, 1.82) is 0 Å². The number of halogens is 44. The molecule has 0 unspecified atom stereocenters. The Morgan fingerprint density at radius 3 is 0.642 bits per heavy atom. The van der Waals surface area contributed by atoms with Crippen LogP contribution in [0, 0.1) is 157 Å². The highest BCUT2D eigenvalue weighted by atomic mass is 28.4. The Kier molecular flexibility index (Phi) is 39.2. The molecule has 6 aromatic rings. The lowest BCUT2D eigenvalue weighted by Crippen LogP contribution is -2.68. The number of hydrogen-bond acceptors (Lipinski definition) is 10. The molecule has 59 heteroatoms. The van der Waals surface area contributed by atoms with Crippen LogP contribution >= 0.6 is 0 Å². The van der Waals surface area contributed by atoms with Crippen LogP contribution < -0.4 is 31.1 Å². The lowest BCUT2D eigenvalue weighted by molar-refractivity contribution is -0.144. The first kappa shape index (κ1) is 111. The average molecular weight is 1960 g/mol. The Morgan fingerprint density at radius 2 is 0.439 bits per heavy atom. The van der Waals surface area contributed by atoms with Gasteiger partial charge in [-0.2, -0.15) is 70.2 Å². The summed E-state index contributed by atoms with van der Waals surface area (Å²) in [4.78, 5) is 0. The summed E-state index contributed by atoms with van der Waals surface area (Å²) < 4.78 is 640. The molecule has 0 fully saturated rings. The van der Waals surface area contributed by atoms with Crippen molar-refractivity contribution < 1.29 is 237 Å². The Hall–Kier alpha value is -7.60. The second-order valence-corrected chi connectivity index (χ2v) is 37.3. The lowest BCUT2D eigenvalue weighted by atomic mass is 10.1. The summed E-state index contributed by atoms with van der Waals surface area (Å²) >= 11 is 0. The van der Waals surface area contributed by atoms with E-state index in [1.54, 1.807) is 0 Å². The van der Waals surface area contributed by atoms with Gasteiger partial charge in [0.25, 0.3) is 6.08 Å². The molecule has 0 amide bonds. The zero-order valence-corrected chi connectivity index (χ0v) is 67.9. The van der Waals surface area contributed by atoms with E-state index in [1.165, 1.54) is 20.4 Å². The highest BCUT2D eigenvalue weighted by Gasteiger charge is 2.68. The molecule has 0 bridgehead atoms. The first-order chi connectivity index (χ1) is 56.3. The summed E-state index contributed by atoms with van der Waals surface area (Å²) in [5.41, 5.74) is -11.8. The molecule has 0 aliphatic rings. The summed E-state index contributed by atoms with van der Waals surface area (Å²) in [5, 5.41) is -12.4. The molecule has 0 heterocycles. The third-order valence-corrected chi connectivity index (χ3v) is 32.2. The molecular weight excluding hydrogens is 1910 g/mol. The summed E-state index contributed by atoms with van der Waals surface area (Å²) in [7, 11) is -24.1. The summed E-state index contributed by atoms with van der Waals surface area (Å²) in [6.45, 7) is 5.14. The minimum Gasteiger partial charge on any atom is -0.394 e. The molecule has 6 rings (SSSR count). The molecule has 10 nitrogen and oxygen atoms in total. The molecule has 0 N–H and O–H groups in total. The van der Waals surface area contributed by atoms with E-state index >= 15 is 0 Å². The first-order valence-electron chi connectivity index (χ1n) is 32.6. The molecule has 0 aliphatic heterocycles. The molecular formula is C64H52F44O10Si5. The number of hydrogen-bond donors (Lipinski definition) is 0. The minimum atomic E-state index is -6.21. The highest BCUT2D eigenvalue weighted by Crippen LogP contribution is 2.42. The van der Waals surface area contributed by atoms with Crippen LogP contribution in [0.1, 0.15) is 79.0 Å². The van der Waals surface area contributed by atoms with E-state index in [2.05, 4.69) is 17.7 Å². The molecule has 6 aromatic carbocycles. The van der Waals surface area contributed by atoms with Crippen LogP contribution in [0.5, 0.6) is 0 Å². The van der Waals surface area contributed by atoms with Crippen LogP contribution in [0.4, 0.5) is 193 Å². The number of allylic oxidation sites excluding steroid dienone is 1. The Morgan fingerprint density at radius 1 is 0.244 bits per heavy atom. The smallest absolute Gasteiger partial charge is 0.394 e. The van der Waals surface area contributed by atoms with Gasteiger partial charge < -0.3 is 44.3 Å². The van der Waals surface area contributed by atoms with Crippen LogP contribution in [0.25, 0.3) is 0 Å². The average Bonchev–Trinajstić information content (AvgIpc) is 0.723. The molecule has 0 aromatic heterocycles. The van der Waals surface area contributed by atoms with Gasteiger partial charge in [0.2, 0.25) is 22.9 Å². The Labute approximate surface area is 666 Å². The van der Waals surface area contributed by atoms with Crippen LogP contribution in [-0.2, 0) is 62.8 Å². The second kappa shape index (κ2) is 43.3. The molecule has 0 saturated heterocycles. The normalized spacial score (nSPS) is 12.5. The molecule has 123 heavy (non-hydrogen) atoms. The van der Waals surface area contributed by atoms with Crippen molar-refractivity contribution in [3.8, 4) is 0 Å². The van der Waals surface area contributed by atoms with E-state index in [4.69, 9.17) is 26.6 Å². The predicted molar refractivity (Wildman–Crippen MR) is 343 cm³/mol. The van der Waals surface area contributed by atoms with Crippen LogP contribution in [0.15, 0.2) is 22.8 Å². The van der Waals surface area contributed by atoms with Gasteiger partial charge in [0.15, 0.2) is 140 Å².